The van der Waals surface area contributed by atoms with Gasteiger partial charge in [-0.1, -0.05) is 33.8 Å². The number of fused-ring (bicyclic) bond motifs is 5. The number of likely N-dealkylation sites (tertiary alicyclic amines) is 2. The standard InChI is InChI=1S/C46H50F4N6O9/c1-22(2)39(52-45(61)63-5)42(59)54-15-7-9-31(54)34(57)18-24-11-14-30-25(17-24)19-33-27-13-12-26(20-35(27)65-44(56(30)33)36-37(49)28(47)21-29(48)38(36)50)51-41(58)32-10-8-16-55(32)43(60)40(23(3)4)53-46(62)64-6/h11-14,17,19-23,31-32,39-40,44H,7-10,15-16,18H2,1-6H3,(H,51,58)(H,52,61)(H,53,62)/t31-,32-,39-,40-,44-/m0/s1. The molecule has 3 aromatic carbocycles. The molecule has 0 bridgehead atoms. The highest BCUT2D eigenvalue weighted by molar-refractivity contribution is 6.00. The van der Waals surface area contributed by atoms with E-state index in [4.69, 9.17) is 9.47 Å². The second-order valence-electron chi connectivity index (χ2n) is 17.1. The van der Waals surface area contributed by atoms with Gasteiger partial charge in [-0.25, -0.2) is 27.2 Å². The number of rotatable bonds is 12. The molecule has 0 radical (unpaired) electrons. The number of aromatic nitrogens is 1. The summed E-state index contributed by atoms with van der Waals surface area (Å²) in [5.74, 6) is -8.95. The molecule has 19 heteroatoms. The number of Topliss-reactive ketones (excluding diaryl/α,β-unsaturated/α-hetero) is 1. The normalized spacial score (nSPS) is 18.7. The average Bonchev–Trinajstić information content (AvgIpc) is 4.05. The summed E-state index contributed by atoms with van der Waals surface area (Å²) in [5.41, 5.74) is 0.726. The lowest BCUT2D eigenvalue weighted by atomic mass is 9.99. The lowest BCUT2D eigenvalue weighted by Gasteiger charge is -2.31. The van der Waals surface area contributed by atoms with Gasteiger partial charge in [-0.05, 0) is 73.4 Å². The fraction of sp³-hybridized carbons (Fsp3) is 0.435. The molecule has 0 aliphatic carbocycles. The highest BCUT2D eigenvalue weighted by Gasteiger charge is 2.41. The Morgan fingerprint density at radius 2 is 1.31 bits per heavy atom. The Bertz CT molecular complexity index is 2540. The molecule has 1 aromatic heterocycles. The van der Waals surface area contributed by atoms with Gasteiger partial charge in [-0.15, -0.1) is 0 Å². The van der Waals surface area contributed by atoms with Crippen LogP contribution in [0.15, 0.2) is 48.5 Å². The number of benzene rings is 3. The van der Waals surface area contributed by atoms with Crippen LogP contribution in [0.2, 0.25) is 0 Å². The van der Waals surface area contributed by atoms with Gasteiger partial charge in [-0.3, -0.25) is 19.2 Å². The summed E-state index contributed by atoms with van der Waals surface area (Å²) in [7, 11) is 2.36. The van der Waals surface area contributed by atoms with Crippen LogP contribution in [0.1, 0.15) is 70.7 Å². The van der Waals surface area contributed by atoms with E-state index in [2.05, 4.69) is 20.7 Å². The van der Waals surface area contributed by atoms with Gasteiger partial charge in [0, 0.05) is 48.3 Å². The molecule has 0 spiro atoms. The Balaban J connectivity index is 1.19. The maximum absolute atomic E-state index is 15.7. The van der Waals surface area contributed by atoms with Gasteiger partial charge >= 0.3 is 12.2 Å². The van der Waals surface area contributed by atoms with Crippen LogP contribution in [0.5, 0.6) is 5.75 Å². The molecular formula is C46H50F4N6O9. The van der Waals surface area contributed by atoms with Crippen LogP contribution < -0.4 is 20.7 Å². The number of amides is 5. The number of hydrogen-bond donors (Lipinski definition) is 3. The summed E-state index contributed by atoms with van der Waals surface area (Å²) < 4.78 is 77.9. The van der Waals surface area contributed by atoms with Crippen LogP contribution in [0.3, 0.4) is 0 Å². The van der Waals surface area contributed by atoms with Crippen molar-refractivity contribution in [3.05, 3.63) is 82.9 Å². The molecule has 15 nitrogen and oxygen atoms in total. The Kier molecular flexibility index (Phi) is 13.4. The molecule has 4 aromatic rings. The smallest absolute Gasteiger partial charge is 0.407 e. The summed E-state index contributed by atoms with van der Waals surface area (Å²) in [6, 6.07) is 7.68. The molecule has 2 saturated heterocycles. The molecule has 2 fully saturated rings. The second-order valence-corrected chi connectivity index (χ2v) is 17.1. The third-order valence-corrected chi connectivity index (χ3v) is 12.2. The molecule has 7 rings (SSSR count). The molecule has 0 unspecified atom stereocenters. The number of ether oxygens (including phenoxy) is 3. The van der Waals surface area contributed by atoms with Crippen molar-refractivity contribution in [3.63, 3.8) is 0 Å². The van der Waals surface area contributed by atoms with E-state index >= 15 is 8.78 Å². The van der Waals surface area contributed by atoms with Crippen LogP contribution >= 0.6 is 0 Å². The summed E-state index contributed by atoms with van der Waals surface area (Å²) in [5, 5.41) is 8.36. The van der Waals surface area contributed by atoms with E-state index in [-0.39, 0.29) is 48.1 Å². The number of ketones is 1. The number of halogens is 4. The van der Waals surface area contributed by atoms with Crippen molar-refractivity contribution in [2.75, 3.05) is 32.6 Å². The molecule has 5 atom stereocenters. The fourth-order valence-electron chi connectivity index (χ4n) is 8.90. The monoisotopic (exact) mass is 906 g/mol. The van der Waals surface area contributed by atoms with E-state index in [1.165, 1.54) is 34.7 Å². The van der Waals surface area contributed by atoms with Crippen molar-refractivity contribution in [1.29, 1.82) is 0 Å². The van der Waals surface area contributed by atoms with Gasteiger partial charge in [-0.2, -0.15) is 0 Å². The minimum Gasteiger partial charge on any atom is -0.465 e. The Morgan fingerprint density at radius 1 is 0.738 bits per heavy atom. The molecule has 0 saturated carbocycles. The molecule has 4 heterocycles. The third kappa shape index (κ3) is 9.04. The molecule has 3 aliphatic heterocycles. The Morgan fingerprint density at radius 3 is 1.88 bits per heavy atom. The van der Waals surface area contributed by atoms with Crippen LogP contribution in [0, 0.1) is 35.1 Å². The molecule has 65 heavy (non-hydrogen) atoms. The van der Waals surface area contributed by atoms with Crippen LogP contribution in [0.25, 0.3) is 22.2 Å². The van der Waals surface area contributed by atoms with Gasteiger partial charge < -0.3 is 44.5 Å². The minimum absolute atomic E-state index is 0.00383. The van der Waals surface area contributed by atoms with Crippen molar-refractivity contribution in [2.45, 2.75) is 90.2 Å². The van der Waals surface area contributed by atoms with Crippen molar-refractivity contribution < 1.29 is 60.5 Å². The average molecular weight is 907 g/mol. The highest BCUT2D eigenvalue weighted by Crippen LogP contribution is 2.46. The van der Waals surface area contributed by atoms with Gasteiger partial charge in [0.2, 0.25) is 23.9 Å². The van der Waals surface area contributed by atoms with Crippen LogP contribution in [-0.4, -0.2) is 102 Å². The first kappa shape index (κ1) is 46.3. The largest absolute Gasteiger partial charge is 0.465 e. The topological polar surface area (TPSA) is 178 Å². The summed E-state index contributed by atoms with van der Waals surface area (Å²) in [6.07, 6.45) is -1.64. The van der Waals surface area contributed by atoms with E-state index in [1.54, 1.807) is 64.1 Å². The molecule has 346 valence electrons. The highest BCUT2D eigenvalue weighted by atomic mass is 19.2. The van der Waals surface area contributed by atoms with E-state index in [9.17, 15) is 37.5 Å². The Labute approximate surface area is 371 Å². The predicted molar refractivity (Wildman–Crippen MR) is 228 cm³/mol. The lowest BCUT2D eigenvalue weighted by molar-refractivity contribution is -0.139. The molecular weight excluding hydrogens is 857 g/mol. The number of alkyl carbamates (subject to hydrolysis) is 2. The van der Waals surface area contributed by atoms with E-state index < -0.39 is 89.1 Å². The summed E-state index contributed by atoms with van der Waals surface area (Å²) >= 11 is 0. The third-order valence-electron chi connectivity index (χ3n) is 12.2. The van der Waals surface area contributed by atoms with E-state index in [1.807, 2.05) is 0 Å². The number of nitrogens with zero attached hydrogens (tertiary/aromatic N) is 3. The summed E-state index contributed by atoms with van der Waals surface area (Å²) in [6.45, 7) is 7.60. The summed E-state index contributed by atoms with van der Waals surface area (Å²) in [4.78, 5) is 81.8. The maximum atomic E-state index is 15.7. The quantitative estimate of drug-likeness (QED) is 0.105. The zero-order valence-electron chi connectivity index (χ0n) is 36.6. The maximum Gasteiger partial charge on any atom is 0.407 e. The molecule has 3 aliphatic rings. The number of nitrogens with one attached hydrogen (secondary N) is 3. The number of hydrogen-bond acceptors (Lipinski definition) is 9. The van der Waals surface area contributed by atoms with Gasteiger partial charge in [0.25, 0.3) is 0 Å². The molecule has 5 amide bonds. The zero-order valence-corrected chi connectivity index (χ0v) is 36.6. The number of carbonyl (C=O) groups excluding carboxylic acids is 6. The first-order chi connectivity index (χ1) is 30.9. The zero-order chi connectivity index (χ0) is 47.0. The predicted octanol–water partition coefficient (Wildman–Crippen LogP) is 6.60. The Hall–Kier alpha value is -6.66. The molecule has 3 N–H and O–H groups in total. The number of methoxy groups -OCH3 is 2. The van der Waals surface area contributed by atoms with Crippen molar-refractivity contribution in [2.24, 2.45) is 11.8 Å². The van der Waals surface area contributed by atoms with E-state index in [0.29, 0.717) is 60.0 Å². The van der Waals surface area contributed by atoms with Crippen LogP contribution in [-0.2, 0) is 35.1 Å². The van der Waals surface area contributed by atoms with Crippen molar-refractivity contribution in [1.82, 2.24) is 25.0 Å². The number of carbonyl (C=O) groups is 6. The van der Waals surface area contributed by atoms with Gasteiger partial charge in [0.1, 0.15) is 23.9 Å². The van der Waals surface area contributed by atoms with Crippen molar-refractivity contribution in [3.8, 4) is 17.0 Å². The number of anilines is 1. The van der Waals surface area contributed by atoms with E-state index in [0.717, 1.165) is 0 Å². The minimum atomic E-state index is -1.80. The van der Waals surface area contributed by atoms with Gasteiger partial charge in [0.15, 0.2) is 29.1 Å². The fourth-order valence-corrected chi connectivity index (χ4v) is 8.90. The van der Waals surface area contributed by atoms with Gasteiger partial charge in [0.05, 0.1) is 37.0 Å². The van der Waals surface area contributed by atoms with Crippen molar-refractivity contribution >= 4 is 52.3 Å². The second kappa shape index (κ2) is 18.8. The first-order valence-corrected chi connectivity index (χ1v) is 21.3. The lowest BCUT2D eigenvalue weighted by Crippen LogP contribution is -2.54. The SMILES string of the molecule is COC(=O)N[C@H](C(=O)N1CCC[C@H]1C(=O)Cc1ccc2c(c1)cc1n2[C@H](c2c(F)c(F)cc(F)c2F)Oc2cc(NC(=O)[C@@H]3CCCN3C(=O)[C@@H](NC(=O)OC)C(C)C)ccc2-1)C(C)C. The van der Waals surface area contributed by atoms with Crippen LogP contribution in [0.4, 0.5) is 32.8 Å². The first-order valence-electron chi connectivity index (χ1n) is 21.3.